The first-order valence-corrected chi connectivity index (χ1v) is 8.35. The number of nitrogens with one attached hydrogen (secondary N) is 1. The van der Waals surface area contributed by atoms with Crippen molar-refractivity contribution in [3.63, 3.8) is 0 Å². The van der Waals surface area contributed by atoms with Gasteiger partial charge in [0, 0.05) is 24.2 Å². The van der Waals surface area contributed by atoms with Gasteiger partial charge in [-0.25, -0.2) is 4.98 Å². The molecule has 0 saturated heterocycles. The van der Waals surface area contributed by atoms with Crippen LogP contribution < -0.4 is 5.32 Å². The smallest absolute Gasteiger partial charge is 0.260 e. The minimum Gasteiger partial charge on any atom is -0.334 e. The van der Waals surface area contributed by atoms with Crippen molar-refractivity contribution in [1.29, 1.82) is 0 Å². The van der Waals surface area contributed by atoms with Gasteiger partial charge >= 0.3 is 0 Å². The van der Waals surface area contributed by atoms with E-state index in [1.54, 1.807) is 48.8 Å². The van der Waals surface area contributed by atoms with Crippen molar-refractivity contribution in [2.45, 2.75) is 0 Å². The molecule has 27 heavy (non-hydrogen) atoms. The average Bonchev–Trinajstić information content (AvgIpc) is 3.19. The number of halogens is 1. The van der Waals surface area contributed by atoms with Crippen LogP contribution in [0.3, 0.4) is 0 Å². The highest BCUT2D eigenvalue weighted by Gasteiger charge is 2.17. The molecule has 4 rings (SSSR count). The molecule has 4 aromatic rings. The summed E-state index contributed by atoms with van der Waals surface area (Å²) in [7, 11) is 0. The molecular formula is C19H12ClN5O2. The van der Waals surface area contributed by atoms with Crippen molar-refractivity contribution in [3.05, 3.63) is 77.8 Å². The van der Waals surface area contributed by atoms with E-state index in [0.717, 1.165) is 5.56 Å². The van der Waals surface area contributed by atoms with Crippen molar-refractivity contribution >= 4 is 23.2 Å². The molecule has 132 valence electrons. The van der Waals surface area contributed by atoms with Gasteiger partial charge in [-0.15, -0.1) is 0 Å². The first-order valence-electron chi connectivity index (χ1n) is 7.98. The topological polar surface area (TPSA) is 93.8 Å². The summed E-state index contributed by atoms with van der Waals surface area (Å²) in [5.74, 6) is 0.309. The van der Waals surface area contributed by atoms with E-state index in [9.17, 15) is 4.79 Å². The third-order valence-electron chi connectivity index (χ3n) is 3.76. The summed E-state index contributed by atoms with van der Waals surface area (Å²) in [6.45, 7) is 0. The molecule has 3 aromatic heterocycles. The second-order valence-corrected chi connectivity index (χ2v) is 5.86. The SMILES string of the molecule is O=C(Nc1ccccc1-c1nc(-c2cccnc2)no1)c1cccnc1Cl. The van der Waals surface area contributed by atoms with E-state index < -0.39 is 0 Å². The lowest BCUT2D eigenvalue weighted by molar-refractivity contribution is 0.102. The fourth-order valence-corrected chi connectivity index (χ4v) is 2.67. The van der Waals surface area contributed by atoms with Gasteiger partial charge in [0.1, 0.15) is 5.15 Å². The predicted molar refractivity (Wildman–Crippen MR) is 100 cm³/mol. The summed E-state index contributed by atoms with van der Waals surface area (Å²) in [6.07, 6.45) is 4.83. The van der Waals surface area contributed by atoms with Gasteiger partial charge in [-0.2, -0.15) is 4.98 Å². The Bertz CT molecular complexity index is 1100. The third-order valence-corrected chi connectivity index (χ3v) is 4.06. The van der Waals surface area contributed by atoms with Crippen LogP contribution in [-0.4, -0.2) is 26.0 Å². The minimum atomic E-state index is -0.382. The molecule has 1 N–H and O–H groups in total. The lowest BCUT2D eigenvalue weighted by Crippen LogP contribution is -2.13. The molecular weight excluding hydrogens is 366 g/mol. The monoisotopic (exact) mass is 377 g/mol. The molecule has 0 radical (unpaired) electrons. The fourth-order valence-electron chi connectivity index (χ4n) is 2.47. The quantitative estimate of drug-likeness (QED) is 0.538. The van der Waals surface area contributed by atoms with Gasteiger partial charge in [-0.3, -0.25) is 9.78 Å². The molecule has 3 heterocycles. The largest absolute Gasteiger partial charge is 0.334 e. The van der Waals surface area contributed by atoms with Gasteiger partial charge in [0.05, 0.1) is 16.8 Å². The van der Waals surface area contributed by atoms with Crippen LogP contribution in [0.4, 0.5) is 5.69 Å². The van der Waals surface area contributed by atoms with Gasteiger partial charge in [0.15, 0.2) is 0 Å². The van der Waals surface area contributed by atoms with E-state index in [-0.39, 0.29) is 22.5 Å². The predicted octanol–water partition coefficient (Wildman–Crippen LogP) is 4.10. The van der Waals surface area contributed by atoms with E-state index in [1.807, 2.05) is 12.1 Å². The van der Waals surface area contributed by atoms with Crippen molar-refractivity contribution in [1.82, 2.24) is 20.1 Å². The van der Waals surface area contributed by atoms with E-state index in [2.05, 4.69) is 25.4 Å². The number of carbonyl (C=O) groups excluding carboxylic acids is 1. The minimum absolute atomic E-state index is 0.129. The summed E-state index contributed by atoms with van der Waals surface area (Å²) in [6, 6.07) is 14.0. The number of hydrogen-bond acceptors (Lipinski definition) is 6. The Balaban J connectivity index is 1.65. The first-order chi connectivity index (χ1) is 13.2. The van der Waals surface area contributed by atoms with Gasteiger partial charge in [-0.1, -0.05) is 28.9 Å². The molecule has 0 saturated carbocycles. The standard InChI is InChI=1S/C19H12ClN5O2/c20-16-14(7-4-10-22-16)18(26)23-15-8-2-1-6-13(15)19-24-17(25-27-19)12-5-3-9-21-11-12/h1-11H,(H,23,26). The molecule has 0 spiro atoms. The van der Waals surface area contributed by atoms with Crippen LogP contribution in [0, 0.1) is 0 Å². The molecule has 0 aliphatic carbocycles. The Hall–Kier alpha value is -3.58. The van der Waals surface area contributed by atoms with Gasteiger partial charge < -0.3 is 9.84 Å². The summed E-state index contributed by atoms with van der Waals surface area (Å²) in [5, 5.41) is 6.93. The molecule has 0 aliphatic heterocycles. The summed E-state index contributed by atoms with van der Waals surface area (Å²) < 4.78 is 5.38. The Labute approximate surface area is 159 Å². The van der Waals surface area contributed by atoms with Crippen molar-refractivity contribution < 1.29 is 9.32 Å². The molecule has 7 nitrogen and oxygen atoms in total. The zero-order valence-electron chi connectivity index (χ0n) is 13.8. The number of amides is 1. The molecule has 0 fully saturated rings. The molecule has 0 bridgehead atoms. The maximum Gasteiger partial charge on any atom is 0.260 e. The zero-order valence-corrected chi connectivity index (χ0v) is 14.6. The zero-order chi connectivity index (χ0) is 18.6. The number of carbonyl (C=O) groups is 1. The molecule has 8 heteroatoms. The van der Waals surface area contributed by atoms with Crippen LogP contribution in [0.2, 0.25) is 5.15 Å². The number of rotatable bonds is 4. The molecule has 1 aromatic carbocycles. The number of para-hydroxylation sites is 1. The normalized spacial score (nSPS) is 10.6. The van der Waals surface area contributed by atoms with Crippen LogP contribution in [0.1, 0.15) is 10.4 Å². The first kappa shape index (κ1) is 16.9. The molecule has 0 atom stereocenters. The lowest BCUT2D eigenvalue weighted by Gasteiger charge is -2.09. The molecule has 0 aliphatic rings. The van der Waals surface area contributed by atoms with Gasteiger partial charge in [-0.05, 0) is 36.4 Å². The van der Waals surface area contributed by atoms with Crippen LogP contribution in [0.5, 0.6) is 0 Å². The van der Waals surface area contributed by atoms with E-state index in [4.69, 9.17) is 16.1 Å². The lowest BCUT2D eigenvalue weighted by atomic mass is 10.1. The number of aromatic nitrogens is 4. The number of pyridine rings is 2. The second-order valence-electron chi connectivity index (χ2n) is 5.51. The Morgan fingerprint density at radius 1 is 1.04 bits per heavy atom. The van der Waals surface area contributed by atoms with Crippen LogP contribution in [0.15, 0.2) is 71.6 Å². The van der Waals surface area contributed by atoms with Crippen LogP contribution in [-0.2, 0) is 0 Å². The van der Waals surface area contributed by atoms with E-state index >= 15 is 0 Å². The fraction of sp³-hybridized carbons (Fsp3) is 0. The molecule has 0 unspecified atom stereocenters. The summed E-state index contributed by atoms with van der Waals surface area (Å²) in [5.41, 5.74) is 2.11. The maximum atomic E-state index is 12.5. The second kappa shape index (κ2) is 7.35. The maximum absolute atomic E-state index is 12.5. The Kier molecular flexibility index (Phi) is 4.59. The highest BCUT2D eigenvalue weighted by Crippen LogP contribution is 2.29. The molecule has 1 amide bonds. The van der Waals surface area contributed by atoms with Gasteiger partial charge in [0.25, 0.3) is 11.8 Å². The van der Waals surface area contributed by atoms with Crippen molar-refractivity contribution in [3.8, 4) is 22.8 Å². The van der Waals surface area contributed by atoms with E-state index in [1.165, 1.54) is 6.20 Å². The van der Waals surface area contributed by atoms with E-state index in [0.29, 0.717) is 17.1 Å². The van der Waals surface area contributed by atoms with Crippen LogP contribution in [0.25, 0.3) is 22.8 Å². The number of hydrogen-bond donors (Lipinski definition) is 1. The Morgan fingerprint density at radius 2 is 1.89 bits per heavy atom. The highest BCUT2D eigenvalue weighted by atomic mass is 35.5. The summed E-state index contributed by atoms with van der Waals surface area (Å²) in [4.78, 5) is 24.9. The van der Waals surface area contributed by atoms with Gasteiger partial charge in [0.2, 0.25) is 5.82 Å². The average molecular weight is 378 g/mol. The third kappa shape index (κ3) is 3.54. The number of anilines is 1. The van der Waals surface area contributed by atoms with Crippen molar-refractivity contribution in [2.24, 2.45) is 0 Å². The number of benzene rings is 1. The highest BCUT2D eigenvalue weighted by molar-refractivity contribution is 6.33. The van der Waals surface area contributed by atoms with Crippen LogP contribution >= 0.6 is 11.6 Å². The summed E-state index contributed by atoms with van der Waals surface area (Å²) >= 11 is 5.99. The Morgan fingerprint density at radius 3 is 2.70 bits per heavy atom. The number of nitrogens with zero attached hydrogens (tertiary/aromatic N) is 4. The van der Waals surface area contributed by atoms with Crippen molar-refractivity contribution in [2.75, 3.05) is 5.32 Å².